The van der Waals surface area contributed by atoms with Gasteiger partial charge in [-0.3, -0.25) is 0 Å². The highest BCUT2D eigenvalue weighted by molar-refractivity contribution is 5.75. The fraction of sp³-hybridized carbons (Fsp3) is 0.308. The van der Waals surface area contributed by atoms with E-state index in [-0.39, 0.29) is 0 Å². The second kappa shape index (κ2) is 3.67. The van der Waals surface area contributed by atoms with Crippen molar-refractivity contribution in [2.75, 3.05) is 0 Å². The van der Waals surface area contributed by atoms with Crippen LogP contribution in [0, 0.1) is 13.8 Å². The molecular weight excluding hydrogens is 204 g/mol. The first-order valence-corrected chi connectivity index (χ1v) is 5.15. The van der Waals surface area contributed by atoms with Gasteiger partial charge in [0.1, 0.15) is 17.8 Å². The van der Waals surface area contributed by atoms with Crippen molar-refractivity contribution in [2.45, 2.75) is 26.2 Å². The summed E-state index contributed by atoms with van der Waals surface area (Å²) in [4.78, 5) is 11.4. The Morgan fingerprint density at radius 1 is 1.06 bits per heavy atom. The molecule has 0 aliphatic carbocycles. The van der Waals surface area contributed by atoms with Gasteiger partial charge in [0.25, 0.3) is 0 Å². The molecule has 0 fully saturated rings. The van der Waals surface area contributed by atoms with E-state index < -0.39 is 5.41 Å². The molecule has 0 radical (unpaired) electrons. The van der Waals surface area contributed by atoms with E-state index in [0.29, 0.717) is 0 Å². The van der Waals surface area contributed by atoms with Crippen LogP contribution >= 0.6 is 0 Å². The standard InChI is InChI=1S/C13H14O3/c1-9-11(4-6-15-9)13(3,8-14)12-5-7-16-10(12)2/h4-8H,1-3H3. The van der Waals surface area contributed by atoms with Crippen molar-refractivity contribution in [3.8, 4) is 0 Å². The monoisotopic (exact) mass is 218 g/mol. The fourth-order valence-corrected chi connectivity index (χ4v) is 2.12. The zero-order valence-corrected chi connectivity index (χ0v) is 9.61. The average molecular weight is 218 g/mol. The Morgan fingerprint density at radius 2 is 1.50 bits per heavy atom. The Balaban J connectivity index is 2.61. The Hall–Kier alpha value is -1.77. The Bertz CT molecular complexity index is 464. The largest absolute Gasteiger partial charge is 0.469 e. The van der Waals surface area contributed by atoms with Crippen LogP contribution in [0.15, 0.2) is 33.5 Å². The van der Waals surface area contributed by atoms with Crippen molar-refractivity contribution < 1.29 is 13.6 Å². The van der Waals surface area contributed by atoms with Crippen LogP contribution < -0.4 is 0 Å². The van der Waals surface area contributed by atoms with Crippen molar-refractivity contribution in [3.63, 3.8) is 0 Å². The summed E-state index contributed by atoms with van der Waals surface area (Å²) in [6.07, 6.45) is 4.13. The molecule has 2 heterocycles. The van der Waals surface area contributed by atoms with E-state index in [4.69, 9.17) is 8.83 Å². The second-order valence-corrected chi connectivity index (χ2v) is 4.10. The van der Waals surface area contributed by atoms with Crippen LogP contribution in [-0.4, -0.2) is 6.29 Å². The first kappa shape index (κ1) is 10.7. The third kappa shape index (κ3) is 1.40. The molecule has 0 amide bonds. The van der Waals surface area contributed by atoms with Crippen LogP contribution in [0.4, 0.5) is 0 Å². The Morgan fingerprint density at radius 3 is 1.75 bits per heavy atom. The minimum Gasteiger partial charge on any atom is -0.469 e. The van der Waals surface area contributed by atoms with Gasteiger partial charge in [-0.2, -0.15) is 0 Å². The molecule has 0 aliphatic heterocycles. The number of hydrogen-bond acceptors (Lipinski definition) is 3. The first-order valence-electron chi connectivity index (χ1n) is 5.15. The maximum Gasteiger partial charge on any atom is 0.134 e. The smallest absolute Gasteiger partial charge is 0.134 e. The van der Waals surface area contributed by atoms with E-state index in [0.717, 1.165) is 28.9 Å². The van der Waals surface area contributed by atoms with Crippen LogP contribution in [0.1, 0.15) is 29.6 Å². The minimum absolute atomic E-state index is 0.700. The van der Waals surface area contributed by atoms with Crippen molar-refractivity contribution in [2.24, 2.45) is 0 Å². The van der Waals surface area contributed by atoms with Gasteiger partial charge in [0.15, 0.2) is 0 Å². The van der Waals surface area contributed by atoms with Gasteiger partial charge in [0.2, 0.25) is 0 Å². The molecule has 0 saturated heterocycles. The zero-order chi connectivity index (χ0) is 11.8. The zero-order valence-electron chi connectivity index (χ0n) is 9.61. The quantitative estimate of drug-likeness (QED) is 0.744. The molecule has 0 spiro atoms. The molecule has 3 heteroatoms. The summed E-state index contributed by atoms with van der Waals surface area (Å²) in [6, 6.07) is 3.66. The van der Waals surface area contributed by atoms with Gasteiger partial charge in [0.05, 0.1) is 17.9 Å². The number of aryl methyl sites for hydroxylation is 2. The highest BCUT2D eigenvalue weighted by Crippen LogP contribution is 2.34. The lowest BCUT2D eigenvalue weighted by Gasteiger charge is -2.22. The van der Waals surface area contributed by atoms with Gasteiger partial charge in [0, 0.05) is 11.1 Å². The summed E-state index contributed by atoms with van der Waals surface area (Å²) < 4.78 is 10.5. The van der Waals surface area contributed by atoms with E-state index in [1.54, 1.807) is 12.5 Å². The minimum atomic E-state index is -0.700. The third-order valence-electron chi connectivity index (χ3n) is 3.07. The van der Waals surface area contributed by atoms with Crippen LogP contribution in [0.5, 0.6) is 0 Å². The van der Waals surface area contributed by atoms with Gasteiger partial charge >= 0.3 is 0 Å². The van der Waals surface area contributed by atoms with Gasteiger partial charge in [-0.1, -0.05) is 0 Å². The van der Waals surface area contributed by atoms with E-state index in [1.807, 2.05) is 32.9 Å². The molecule has 0 aliphatic rings. The number of hydrogen-bond donors (Lipinski definition) is 0. The van der Waals surface area contributed by atoms with Crippen LogP contribution in [0.2, 0.25) is 0 Å². The fourth-order valence-electron chi connectivity index (χ4n) is 2.12. The van der Waals surface area contributed by atoms with Crippen molar-refractivity contribution in [3.05, 3.63) is 47.3 Å². The van der Waals surface area contributed by atoms with Crippen LogP contribution in [0.25, 0.3) is 0 Å². The molecule has 16 heavy (non-hydrogen) atoms. The molecule has 0 atom stereocenters. The average Bonchev–Trinajstić information content (AvgIpc) is 2.86. The molecule has 0 bridgehead atoms. The van der Waals surface area contributed by atoms with Crippen molar-refractivity contribution in [1.82, 2.24) is 0 Å². The molecule has 84 valence electrons. The summed E-state index contributed by atoms with van der Waals surface area (Å²) in [6.45, 7) is 5.58. The van der Waals surface area contributed by atoms with Crippen molar-refractivity contribution in [1.29, 1.82) is 0 Å². The van der Waals surface area contributed by atoms with Gasteiger partial charge in [-0.15, -0.1) is 0 Å². The maximum atomic E-state index is 11.4. The van der Waals surface area contributed by atoms with Crippen LogP contribution in [-0.2, 0) is 10.2 Å². The lowest BCUT2D eigenvalue weighted by molar-refractivity contribution is -0.111. The normalized spacial score (nSPS) is 11.7. The Kier molecular flexibility index (Phi) is 2.46. The van der Waals surface area contributed by atoms with E-state index in [1.165, 1.54) is 0 Å². The molecule has 2 aromatic heterocycles. The summed E-state index contributed by atoms with van der Waals surface area (Å²) in [5.74, 6) is 1.52. The highest BCUT2D eigenvalue weighted by Gasteiger charge is 2.34. The predicted molar refractivity (Wildman–Crippen MR) is 59.4 cm³/mol. The second-order valence-electron chi connectivity index (χ2n) is 4.10. The Labute approximate surface area is 94.1 Å². The molecule has 3 nitrogen and oxygen atoms in total. The molecule has 0 aromatic carbocycles. The SMILES string of the molecule is Cc1occc1C(C)(C=O)c1ccoc1C. The number of furan rings is 2. The summed E-state index contributed by atoms with van der Waals surface area (Å²) in [5.41, 5.74) is 1.06. The van der Waals surface area contributed by atoms with Gasteiger partial charge in [-0.05, 0) is 32.9 Å². The van der Waals surface area contributed by atoms with E-state index in [9.17, 15) is 4.79 Å². The molecular formula is C13H14O3. The summed E-state index contributed by atoms with van der Waals surface area (Å²) in [5, 5.41) is 0. The molecule has 2 aromatic rings. The summed E-state index contributed by atoms with van der Waals surface area (Å²) in [7, 11) is 0. The number of carbonyl (C=O) groups is 1. The topological polar surface area (TPSA) is 43.4 Å². The van der Waals surface area contributed by atoms with E-state index in [2.05, 4.69) is 0 Å². The van der Waals surface area contributed by atoms with Gasteiger partial charge < -0.3 is 13.6 Å². The number of aldehydes is 1. The van der Waals surface area contributed by atoms with Crippen molar-refractivity contribution >= 4 is 6.29 Å². The van der Waals surface area contributed by atoms with Gasteiger partial charge in [-0.25, -0.2) is 0 Å². The number of rotatable bonds is 3. The molecule has 0 saturated carbocycles. The lowest BCUT2D eigenvalue weighted by atomic mass is 9.78. The molecule has 0 N–H and O–H groups in total. The van der Waals surface area contributed by atoms with E-state index >= 15 is 0 Å². The predicted octanol–water partition coefficient (Wildman–Crippen LogP) is 2.99. The lowest BCUT2D eigenvalue weighted by Crippen LogP contribution is -2.26. The summed E-state index contributed by atoms with van der Waals surface area (Å²) >= 11 is 0. The third-order valence-corrected chi connectivity index (χ3v) is 3.07. The maximum absolute atomic E-state index is 11.4. The highest BCUT2D eigenvalue weighted by atomic mass is 16.3. The number of carbonyl (C=O) groups excluding carboxylic acids is 1. The molecule has 0 unspecified atom stereocenters. The molecule has 2 rings (SSSR count). The first-order chi connectivity index (χ1) is 7.59. The van der Waals surface area contributed by atoms with Crippen LogP contribution in [0.3, 0.4) is 0 Å².